The highest BCUT2D eigenvalue weighted by Gasteiger charge is 2.27. The van der Waals surface area contributed by atoms with Crippen LogP contribution in [0.4, 0.5) is 17.6 Å². The predicted octanol–water partition coefficient (Wildman–Crippen LogP) is 7.52. The Labute approximate surface area is 210 Å². The van der Waals surface area contributed by atoms with Crippen molar-refractivity contribution in [1.82, 2.24) is 0 Å². The highest BCUT2D eigenvalue weighted by atomic mass is 19.2. The molecule has 0 saturated carbocycles. The first kappa shape index (κ1) is 26.2. The summed E-state index contributed by atoms with van der Waals surface area (Å²) in [5.41, 5.74) is 1.56. The van der Waals surface area contributed by atoms with Crippen LogP contribution >= 0.6 is 0 Å². The third-order valence-corrected chi connectivity index (χ3v) is 6.43. The van der Waals surface area contributed by atoms with Crippen LogP contribution in [-0.2, 0) is 15.9 Å². The maximum Gasteiger partial charge on any atom is 0.166 e. The third kappa shape index (κ3) is 5.58. The van der Waals surface area contributed by atoms with Gasteiger partial charge in [-0.1, -0.05) is 60.7 Å². The summed E-state index contributed by atoms with van der Waals surface area (Å²) < 4.78 is 70.2. The first-order chi connectivity index (χ1) is 17.4. The van der Waals surface area contributed by atoms with Crippen LogP contribution in [0.1, 0.15) is 36.8 Å². The first-order valence-electron chi connectivity index (χ1n) is 12.0. The summed E-state index contributed by atoms with van der Waals surface area (Å²) in [5, 5.41) is 0. The van der Waals surface area contributed by atoms with E-state index in [4.69, 9.17) is 17.3 Å². The van der Waals surface area contributed by atoms with E-state index >= 15 is 0 Å². The number of unbranched alkanes of at least 4 members (excludes halogenated alkanes) is 1. The van der Waals surface area contributed by atoms with Gasteiger partial charge >= 0.3 is 0 Å². The SMILES string of the molecule is [B]CC1OCC(c2ccc(-c3ccc(-c4ccc(CCC/C=C\C)c(F)c4F)cc3)c(F)c2F)CO1. The minimum Gasteiger partial charge on any atom is -0.353 e. The third-order valence-electron chi connectivity index (χ3n) is 6.43. The van der Waals surface area contributed by atoms with Crippen molar-refractivity contribution in [2.24, 2.45) is 0 Å². The van der Waals surface area contributed by atoms with Crippen LogP contribution in [0.25, 0.3) is 22.3 Å². The Balaban J connectivity index is 1.52. The second-order valence-electron chi connectivity index (χ2n) is 8.80. The molecule has 3 aromatic rings. The minimum absolute atomic E-state index is 0.0726. The Morgan fingerprint density at radius 3 is 1.97 bits per heavy atom. The lowest BCUT2D eigenvalue weighted by Gasteiger charge is -2.29. The van der Waals surface area contributed by atoms with Crippen LogP contribution in [-0.4, -0.2) is 27.4 Å². The normalized spacial score (nSPS) is 18.1. The number of aryl methyl sites for hydroxylation is 1. The van der Waals surface area contributed by atoms with Gasteiger partial charge in [0, 0.05) is 17.0 Å². The van der Waals surface area contributed by atoms with E-state index in [2.05, 4.69) is 0 Å². The highest BCUT2D eigenvalue weighted by molar-refractivity contribution is 6.08. The molecule has 0 aliphatic carbocycles. The van der Waals surface area contributed by atoms with Gasteiger partial charge < -0.3 is 9.47 Å². The second-order valence-corrected chi connectivity index (χ2v) is 8.80. The maximum absolute atomic E-state index is 15.0. The summed E-state index contributed by atoms with van der Waals surface area (Å²) in [7, 11) is 5.50. The molecule has 1 aliphatic rings. The molecule has 0 N–H and O–H groups in total. The zero-order valence-electron chi connectivity index (χ0n) is 20.1. The lowest BCUT2D eigenvalue weighted by Crippen LogP contribution is -2.31. The average molecular weight is 494 g/mol. The zero-order chi connectivity index (χ0) is 25.7. The van der Waals surface area contributed by atoms with Gasteiger partial charge in [0.05, 0.1) is 21.1 Å². The smallest absolute Gasteiger partial charge is 0.166 e. The molecule has 0 aromatic heterocycles. The lowest BCUT2D eigenvalue weighted by molar-refractivity contribution is -0.176. The number of hydrogen-bond acceptors (Lipinski definition) is 2. The fraction of sp³-hybridized carbons (Fsp3) is 0.310. The Morgan fingerprint density at radius 1 is 0.806 bits per heavy atom. The van der Waals surface area contributed by atoms with Crippen molar-refractivity contribution < 1.29 is 27.0 Å². The van der Waals surface area contributed by atoms with E-state index in [0.717, 1.165) is 12.8 Å². The molecule has 0 unspecified atom stereocenters. The van der Waals surface area contributed by atoms with Crippen LogP contribution in [0.5, 0.6) is 0 Å². The van der Waals surface area contributed by atoms with Gasteiger partial charge in [-0.05, 0) is 54.8 Å². The van der Waals surface area contributed by atoms with E-state index in [9.17, 15) is 17.6 Å². The first-order valence-corrected chi connectivity index (χ1v) is 12.0. The number of allylic oxidation sites excluding steroid dienone is 2. The van der Waals surface area contributed by atoms with Crippen molar-refractivity contribution in [1.29, 1.82) is 0 Å². The van der Waals surface area contributed by atoms with Gasteiger partial charge in [0.15, 0.2) is 23.3 Å². The average Bonchev–Trinajstić information content (AvgIpc) is 2.91. The van der Waals surface area contributed by atoms with Gasteiger partial charge in [0.2, 0.25) is 0 Å². The van der Waals surface area contributed by atoms with E-state index in [1.165, 1.54) is 12.1 Å². The van der Waals surface area contributed by atoms with Crippen molar-refractivity contribution in [2.45, 2.75) is 44.7 Å². The molecule has 0 spiro atoms. The molecule has 3 aromatic carbocycles. The zero-order valence-corrected chi connectivity index (χ0v) is 20.1. The second kappa shape index (κ2) is 11.9. The molecule has 1 aliphatic heterocycles. The number of hydrogen-bond donors (Lipinski definition) is 0. The van der Waals surface area contributed by atoms with E-state index < -0.39 is 35.5 Å². The van der Waals surface area contributed by atoms with Gasteiger partial charge in [-0.3, -0.25) is 0 Å². The van der Waals surface area contributed by atoms with Crippen molar-refractivity contribution in [3.05, 3.63) is 95.1 Å². The highest BCUT2D eigenvalue weighted by Crippen LogP contribution is 2.34. The summed E-state index contributed by atoms with van der Waals surface area (Å²) in [6, 6.07) is 12.4. The van der Waals surface area contributed by atoms with E-state index in [-0.39, 0.29) is 36.2 Å². The van der Waals surface area contributed by atoms with E-state index in [0.29, 0.717) is 23.1 Å². The van der Waals surface area contributed by atoms with Crippen molar-refractivity contribution >= 4 is 7.85 Å². The minimum atomic E-state index is -0.985. The standard InChI is InChI=1S/C29H27BF4O2/c1-2-3-4-5-6-20-11-12-22(27(32)26(20)31)18-7-9-19(10-8-18)23-13-14-24(29(34)28(23)33)21-16-35-25(15-30)36-17-21/h2-3,7-14,21,25H,4-6,15-17H2,1H3/b3-2-. The Bertz CT molecular complexity index is 1220. The van der Waals surface area contributed by atoms with Gasteiger partial charge in [0.25, 0.3) is 0 Å². The van der Waals surface area contributed by atoms with Gasteiger partial charge in [-0.25, -0.2) is 17.6 Å². The Morgan fingerprint density at radius 2 is 1.39 bits per heavy atom. The molecule has 1 saturated heterocycles. The van der Waals surface area contributed by atoms with Crippen LogP contribution in [0.15, 0.2) is 60.7 Å². The summed E-state index contributed by atoms with van der Waals surface area (Å²) in [4.78, 5) is 0. The van der Waals surface area contributed by atoms with Gasteiger partial charge in [-0.15, -0.1) is 0 Å². The molecule has 4 rings (SSSR count). The molecule has 0 atom stereocenters. The molecule has 0 amide bonds. The number of rotatable bonds is 8. The fourth-order valence-corrected chi connectivity index (χ4v) is 4.37. The summed E-state index contributed by atoms with van der Waals surface area (Å²) >= 11 is 0. The van der Waals surface area contributed by atoms with E-state index in [1.54, 1.807) is 36.4 Å². The summed E-state index contributed by atoms with van der Waals surface area (Å²) in [5.74, 6) is -4.16. The predicted molar refractivity (Wildman–Crippen MR) is 134 cm³/mol. The molecule has 186 valence electrons. The summed E-state index contributed by atoms with van der Waals surface area (Å²) in [6.45, 7) is 2.28. The molecule has 1 fully saturated rings. The molecule has 2 nitrogen and oxygen atoms in total. The fourth-order valence-electron chi connectivity index (χ4n) is 4.37. The Kier molecular flexibility index (Phi) is 8.65. The molecular weight excluding hydrogens is 467 g/mol. The molecule has 1 heterocycles. The largest absolute Gasteiger partial charge is 0.353 e. The summed E-state index contributed by atoms with van der Waals surface area (Å²) in [6.07, 6.45) is 5.54. The number of halogens is 4. The maximum atomic E-state index is 15.0. The van der Waals surface area contributed by atoms with Crippen molar-refractivity contribution in [3.8, 4) is 22.3 Å². The number of ether oxygens (including phenoxy) is 2. The topological polar surface area (TPSA) is 18.5 Å². The monoisotopic (exact) mass is 494 g/mol. The molecule has 0 bridgehead atoms. The van der Waals surface area contributed by atoms with Crippen LogP contribution in [0, 0.1) is 23.3 Å². The molecule has 7 heteroatoms. The lowest BCUT2D eigenvalue weighted by atomic mass is 9.94. The number of benzene rings is 3. The van der Waals surface area contributed by atoms with Crippen molar-refractivity contribution in [3.63, 3.8) is 0 Å². The van der Waals surface area contributed by atoms with Crippen LogP contribution < -0.4 is 0 Å². The van der Waals surface area contributed by atoms with Crippen LogP contribution in [0.2, 0.25) is 6.32 Å². The Hall–Kier alpha value is -2.90. The molecule has 36 heavy (non-hydrogen) atoms. The van der Waals surface area contributed by atoms with Crippen LogP contribution in [0.3, 0.4) is 0 Å². The quantitative estimate of drug-likeness (QED) is 0.140. The molecular formula is C29H27BF4O2. The molecule has 2 radical (unpaired) electrons. The van der Waals surface area contributed by atoms with E-state index in [1.807, 2.05) is 19.1 Å². The van der Waals surface area contributed by atoms with Gasteiger partial charge in [-0.2, -0.15) is 0 Å². The van der Waals surface area contributed by atoms with Gasteiger partial charge in [0.1, 0.15) is 6.29 Å². The van der Waals surface area contributed by atoms with Crippen molar-refractivity contribution in [2.75, 3.05) is 13.2 Å².